The Morgan fingerprint density at radius 2 is 1.69 bits per heavy atom. The molecule has 0 aliphatic carbocycles. The van der Waals surface area contributed by atoms with Gasteiger partial charge in [0, 0.05) is 38.7 Å². The fourth-order valence-electron chi connectivity index (χ4n) is 4.04. The fourth-order valence-corrected chi connectivity index (χ4v) is 4.04. The van der Waals surface area contributed by atoms with Gasteiger partial charge in [0.05, 0.1) is 0 Å². The van der Waals surface area contributed by atoms with Crippen LogP contribution in [0.25, 0.3) is 0 Å². The van der Waals surface area contributed by atoms with Crippen LogP contribution in [0.3, 0.4) is 0 Å². The van der Waals surface area contributed by atoms with Crippen molar-refractivity contribution >= 4 is 17.5 Å². The topological polar surface area (TPSA) is 52.7 Å². The van der Waals surface area contributed by atoms with Gasteiger partial charge in [0.2, 0.25) is 11.8 Å². The zero-order valence-corrected chi connectivity index (χ0v) is 15.9. The minimum absolute atomic E-state index is 0.0389. The van der Waals surface area contributed by atoms with Gasteiger partial charge in [-0.15, -0.1) is 0 Å². The Balaban J connectivity index is 1.36. The SMILES string of the molecule is CC(=O)Nc1ccc(CN2CCC(CCC(=O)N3CCCC3)CC2)cc1. The van der Waals surface area contributed by atoms with Crippen molar-refractivity contribution in [2.45, 2.75) is 52.0 Å². The summed E-state index contributed by atoms with van der Waals surface area (Å²) in [6.45, 7) is 6.64. The van der Waals surface area contributed by atoms with Gasteiger partial charge in [-0.25, -0.2) is 0 Å². The first-order valence-corrected chi connectivity index (χ1v) is 9.97. The summed E-state index contributed by atoms with van der Waals surface area (Å²) in [5.41, 5.74) is 2.13. The monoisotopic (exact) mass is 357 g/mol. The average molecular weight is 357 g/mol. The van der Waals surface area contributed by atoms with Crippen LogP contribution in [0.5, 0.6) is 0 Å². The van der Waals surface area contributed by atoms with E-state index in [1.54, 1.807) is 0 Å². The number of benzene rings is 1. The molecule has 0 aromatic heterocycles. The Hall–Kier alpha value is -1.88. The molecule has 2 aliphatic heterocycles. The molecule has 2 saturated heterocycles. The number of rotatable bonds is 6. The number of carbonyl (C=O) groups excluding carboxylic acids is 2. The van der Waals surface area contributed by atoms with Crippen molar-refractivity contribution in [3.63, 3.8) is 0 Å². The molecule has 0 saturated carbocycles. The maximum absolute atomic E-state index is 12.2. The lowest BCUT2D eigenvalue weighted by atomic mass is 9.91. The van der Waals surface area contributed by atoms with E-state index >= 15 is 0 Å². The molecule has 0 atom stereocenters. The number of carbonyl (C=O) groups is 2. The van der Waals surface area contributed by atoms with Gasteiger partial charge in [-0.05, 0) is 68.8 Å². The third kappa shape index (κ3) is 5.56. The number of hydrogen-bond acceptors (Lipinski definition) is 3. The van der Waals surface area contributed by atoms with E-state index in [1.165, 1.54) is 38.2 Å². The van der Waals surface area contributed by atoms with Crippen molar-refractivity contribution in [1.29, 1.82) is 0 Å². The summed E-state index contributed by atoms with van der Waals surface area (Å²) < 4.78 is 0. The second-order valence-corrected chi connectivity index (χ2v) is 7.72. The van der Waals surface area contributed by atoms with Gasteiger partial charge in [0.15, 0.2) is 0 Å². The van der Waals surface area contributed by atoms with E-state index in [9.17, 15) is 9.59 Å². The molecule has 5 heteroatoms. The zero-order chi connectivity index (χ0) is 18.4. The van der Waals surface area contributed by atoms with Gasteiger partial charge in [0.25, 0.3) is 0 Å². The number of piperidine rings is 1. The summed E-state index contributed by atoms with van der Waals surface area (Å²) in [4.78, 5) is 27.8. The second-order valence-electron chi connectivity index (χ2n) is 7.72. The summed E-state index contributed by atoms with van der Waals surface area (Å²) >= 11 is 0. The lowest BCUT2D eigenvalue weighted by Gasteiger charge is -2.32. The molecule has 3 rings (SSSR count). The Morgan fingerprint density at radius 3 is 2.31 bits per heavy atom. The summed E-state index contributed by atoms with van der Waals surface area (Å²) in [6.07, 6.45) is 6.52. The molecule has 2 aliphatic rings. The smallest absolute Gasteiger partial charge is 0.222 e. The highest BCUT2D eigenvalue weighted by Gasteiger charge is 2.22. The molecule has 2 heterocycles. The van der Waals surface area contributed by atoms with Gasteiger partial charge in [0.1, 0.15) is 0 Å². The van der Waals surface area contributed by atoms with Crippen molar-refractivity contribution in [3.05, 3.63) is 29.8 Å². The molecule has 1 aromatic rings. The standard InChI is InChI=1S/C21H31N3O2/c1-17(25)22-20-7-4-19(5-8-20)16-23-14-10-18(11-15-23)6-9-21(26)24-12-2-3-13-24/h4-5,7-8,18H,2-3,6,9-16H2,1H3,(H,22,25). The van der Waals surface area contributed by atoms with Crippen LogP contribution in [-0.2, 0) is 16.1 Å². The number of amides is 2. The predicted molar refractivity (Wildman–Crippen MR) is 104 cm³/mol. The molecule has 5 nitrogen and oxygen atoms in total. The Morgan fingerprint density at radius 1 is 1.04 bits per heavy atom. The van der Waals surface area contributed by atoms with E-state index in [0.29, 0.717) is 11.8 Å². The molecule has 2 fully saturated rings. The lowest BCUT2D eigenvalue weighted by Crippen LogP contribution is -2.34. The van der Waals surface area contributed by atoms with E-state index in [0.717, 1.165) is 51.3 Å². The van der Waals surface area contributed by atoms with Crippen LogP contribution in [0.1, 0.15) is 51.0 Å². The lowest BCUT2D eigenvalue weighted by molar-refractivity contribution is -0.130. The summed E-state index contributed by atoms with van der Waals surface area (Å²) in [6, 6.07) is 8.11. The Bertz CT molecular complexity index is 600. The van der Waals surface area contributed by atoms with E-state index in [4.69, 9.17) is 0 Å². The number of nitrogens with zero attached hydrogens (tertiary/aromatic N) is 2. The predicted octanol–water partition coefficient (Wildman–Crippen LogP) is 3.26. The second kappa shape index (κ2) is 9.17. The molecule has 0 radical (unpaired) electrons. The zero-order valence-electron chi connectivity index (χ0n) is 15.9. The molecule has 0 unspecified atom stereocenters. The van der Waals surface area contributed by atoms with Crippen LogP contribution in [0.4, 0.5) is 5.69 Å². The van der Waals surface area contributed by atoms with Crippen molar-refractivity contribution in [2.75, 3.05) is 31.5 Å². The molecule has 26 heavy (non-hydrogen) atoms. The first kappa shape index (κ1) is 18.9. The average Bonchev–Trinajstić information content (AvgIpc) is 3.17. The van der Waals surface area contributed by atoms with Gasteiger partial charge in [-0.2, -0.15) is 0 Å². The summed E-state index contributed by atoms with van der Waals surface area (Å²) in [5.74, 6) is 1.02. The molecular weight excluding hydrogens is 326 g/mol. The Kier molecular flexibility index (Phi) is 6.67. The fraction of sp³-hybridized carbons (Fsp3) is 0.619. The highest BCUT2D eigenvalue weighted by Crippen LogP contribution is 2.24. The van der Waals surface area contributed by atoms with Gasteiger partial charge in [-0.3, -0.25) is 14.5 Å². The highest BCUT2D eigenvalue weighted by atomic mass is 16.2. The highest BCUT2D eigenvalue weighted by molar-refractivity contribution is 5.88. The van der Waals surface area contributed by atoms with Crippen molar-refractivity contribution in [1.82, 2.24) is 9.80 Å². The van der Waals surface area contributed by atoms with Crippen LogP contribution >= 0.6 is 0 Å². The van der Waals surface area contributed by atoms with Gasteiger partial charge < -0.3 is 10.2 Å². The van der Waals surface area contributed by atoms with Crippen LogP contribution in [-0.4, -0.2) is 47.8 Å². The largest absolute Gasteiger partial charge is 0.343 e. The number of hydrogen-bond donors (Lipinski definition) is 1. The minimum Gasteiger partial charge on any atom is -0.343 e. The van der Waals surface area contributed by atoms with Crippen LogP contribution < -0.4 is 5.32 Å². The third-order valence-electron chi connectivity index (χ3n) is 5.61. The van der Waals surface area contributed by atoms with Crippen molar-refractivity contribution in [2.24, 2.45) is 5.92 Å². The summed E-state index contributed by atoms with van der Waals surface area (Å²) in [5, 5.41) is 2.80. The first-order valence-electron chi connectivity index (χ1n) is 9.97. The number of nitrogens with one attached hydrogen (secondary N) is 1. The molecular formula is C21H31N3O2. The van der Waals surface area contributed by atoms with Crippen LogP contribution in [0.15, 0.2) is 24.3 Å². The molecule has 2 amide bonds. The van der Waals surface area contributed by atoms with Gasteiger partial charge >= 0.3 is 0 Å². The maximum atomic E-state index is 12.2. The summed E-state index contributed by atoms with van der Waals surface area (Å²) in [7, 11) is 0. The maximum Gasteiger partial charge on any atom is 0.222 e. The normalized spacial score (nSPS) is 18.9. The van der Waals surface area contributed by atoms with Crippen molar-refractivity contribution < 1.29 is 9.59 Å². The molecule has 1 N–H and O–H groups in total. The number of likely N-dealkylation sites (tertiary alicyclic amines) is 2. The van der Waals surface area contributed by atoms with E-state index in [2.05, 4.69) is 22.3 Å². The van der Waals surface area contributed by atoms with E-state index in [-0.39, 0.29) is 5.91 Å². The molecule has 0 bridgehead atoms. The third-order valence-corrected chi connectivity index (χ3v) is 5.61. The van der Waals surface area contributed by atoms with E-state index in [1.807, 2.05) is 17.0 Å². The molecule has 0 spiro atoms. The first-order chi connectivity index (χ1) is 12.6. The molecule has 142 valence electrons. The molecule has 1 aromatic carbocycles. The van der Waals surface area contributed by atoms with Crippen LogP contribution in [0.2, 0.25) is 0 Å². The van der Waals surface area contributed by atoms with Crippen LogP contribution in [0, 0.1) is 5.92 Å². The van der Waals surface area contributed by atoms with E-state index < -0.39 is 0 Å². The number of anilines is 1. The minimum atomic E-state index is -0.0389. The van der Waals surface area contributed by atoms with Crippen molar-refractivity contribution in [3.8, 4) is 0 Å². The quantitative estimate of drug-likeness (QED) is 0.850. The Labute approximate surface area is 156 Å². The van der Waals surface area contributed by atoms with Gasteiger partial charge in [-0.1, -0.05) is 12.1 Å².